The summed E-state index contributed by atoms with van der Waals surface area (Å²) in [5, 5.41) is 0. The smallest absolute Gasteiger partial charge is 0.237 e. The molecule has 1 atom stereocenters. The van der Waals surface area contributed by atoms with Gasteiger partial charge in [0.1, 0.15) is 0 Å². The van der Waals surface area contributed by atoms with Crippen LogP contribution in [0.2, 0.25) is 0 Å². The van der Waals surface area contributed by atoms with Crippen molar-refractivity contribution in [2.24, 2.45) is 11.8 Å². The molecule has 1 aromatic rings. The van der Waals surface area contributed by atoms with Gasteiger partial charge in [-0.15, -0.1) is 6.58 Å². The van der Waals surface area contributed by atoms with E-state index in [2.05, 4.69) is 12.0 Å². The van der Waals surface area contributed by atoms with Crippen LogP contribution < -0.4 is 11.3 Å². The number of allylic oxidation sites excluding steroid dienone is 1. The van der Waals surface area contributed by atoms with Crippen molar-refractivity contribution in [1.82, 2.24) is 5.43 Å². The Labute approximate surface area is 90.0 Å². The van der Waals surface area contributed by atoms with Gasteiger partial charge in [-0.3, -0.25) is 10.2 Å². The van der Waals surface area contributed by atoms with Crippen LogP contribution in [-0.4, -0.2) is 5.91 Å². The van der Waals surface area contributed by atoms with Crippen LogP contribution in [0.1, 0.15) is 12.0 Å². The van der Waals surface area contributed by atoms with Crippen LogP contribution in [0.25, 0.3) is 0 Å². The Hall–Kier alpha value is -1.61. The van der Waals surface area contributed by atoms with Crippen LogP contribution in [0.5, 0.6) is 0 Å². The molecule has 1 aromatic carbocycles. The van der Waals surface area contributed by atoms with Crippen molar-refractivity contribution in [2.45, 2.75) is 12.8 Å². The zero-order chi connectivity index (χ0) is 11.1. The lowest BCUT2D eigenvalue weighted by molar-refractivity contribution is -0.124. The number of hydrazine groups is 1. The molecule has 3 heteroatoms. The van der Waals surface area contributed by atoms with Crippen LogP contribution in [0.4, 0.5) is 0 Å². The second-order valence-electron chi connectivity index (χ2n) is 3.42. The molecule has 0 saturated carbocycles. The molecule has 0 aliphatic rings. The van der Waals surface area contributed by atoms with Gasteiger partial charge in [-0.2, -0.15) is 0 Å². The Morgan fingerprint density at radius 3 is 2.67 bits per heavy atom. The highest BCUT2D eigenvalue weighted by atomic mass is 16.2. The minimum absolute atomic E-state index is 0.130. The first-order chi connectivity index (χ1) is 7.27. The molecule has 1 rings (SSSR count). The van der Waals surface area contributed by atoms with Crippen LogP contribution in [0.15, 0.2) is 43.0 Å². The fourth-order valence-corrected chi connectivity index (χ4v) is 1.50. The quantitative estimate of drug-likeness (QED) is 0.330. The monoisotopic (exact) mass is 204 g/mol. The van der Waals surface area contributed by atoms with Crippen molar-refractivity contribution < 1.29 is 4.79 Å². The van der Waals surface area contributed by atoms with Gasteiger partial charge in [0.15, 0.2) is 0 Å². The Bertz CT molecular complexity index is 322. The number of rotatable bonds is 5. The number of nitrogens with two attached hydrogens (primary N) is 1. The number of nitrogens with one attached hydrogen (secondary N) is 1. The fourth-order valence-electron chi connectivity index (χ4n) is 1.50. The topological polar surface area (TPSA) is 55.1 Å². The van der Waals surface area contributed by atoms with Gasteiger partial charge in [-0.25, -0.2) is 5.84 Å². The molecule has 0 heterocycles. The van der Waals surface area contributed by atoms with E-state index in [1.54, 1.807) is 6.08 Å². The fraction of sp³-hybridized carbons (Fsp3) is 0.250. The maximum absolute atomic E-state index is 11.4. The van der Waals surface area contributed by atoms with E-state index in [4.69, 9.17) is 5.84 Å². The zero-order valence-electron chi connectivity index (χ0n) is 8.65. The summed E-state index contributed by atoms with van der Waals surface area (Å²) in [7, 11) is 0. The first kappa shape index (κ1) is 11.5. The highest BCUT2D eigenvalue weighted by Crippen LogP contribution is 2.12. The van der Waals surface area contributed by atoms with Crippen molar-refractivity contribution in [1.29, 1.82) is 0 Å². The van der Waals surface area contributed by atoms with E-state index in [1.807, 2.05) is 30.3 Å². The molecule has 1 unspecified atom stereocenters. The largest absolute Gasteiger partial charge is 0.294 e. The molecule has 0 aliphatic heterocycles. The zero-order valence-corrected chi connectivity index (χ0v) is 8.65. The van der Waals surface area contributed by atoms with Crippen molar-refractivity contribution >= 4 is 5.91 Å². The average Bonchev–Trinajstić information content (AvgIpc) is 2.29. The van der Waals surface area contributed by atoms with Gasteiger partial charge >= 0.3 is 0 Å². The Morgan fingerprint density at radius 1 is 1.47 bits per heavy atom. The molecule has 0 aromatic heterocycles. The molecule has 3 N–H and O–H groups in total. The highest BCUT2D eigenvalue weighted by Gasteiger charge is 2.15. The Morgan fingerprint density at radius 2 is 2.13 bits per heavy atom. The molecule has 0 spiro atoms. The number of amides is 1. The number of carbonyl (C=O) groups is 1. The summed E-state index contributed by atoms with van der Waals surface area (Å²) in [6, 6.07) is 9.87. The predicted octanol–water partition coefficient (Wildman–Crippen LogP) is 1.41. The molecule has 0 saturated heterocycles. The minimum Gasteiger partial charge on any atom is -0.294 e. The summed E-state index contributed by atoms with van der Waals surface area (Å²) in [6.45, 7) is 3.64. The molecule has 0 bridgehead atoms. The van der Waals surface area contributed by atoms with Crippen molar-refractivity contribution in [2.75, 3.05) is 0 Å². The normalized spacial score (nSPS) is 11.8. The van der Waals surface area contributed by atoms with Crippen molar-refractivity contribution in [3.8, 4) is 0 Å². The first-order valence-corrected chi connectivity index (χ1v) is 4.93. The molecular weight excluding hydrogens is 188 g/mol. The molecule has 80 valence electrons. The third kappa shape index (κ3) is 3.56. The van der Waals surface area contributed by atoms with E-state index in [1.165, 1.54) is 0 Å². The summed E-state index contributed by atoms with van der Waals surface area (Å²) < 4.78 is 0. The lowest BCUT2D eigenvalue weighted by Gasteiger charge is -2.12. The maximum atomic E-state index is 11.4. The van der Waals surface area contributed by atoms with Gasteiger partial charge in [-0.1, -0.05) is 36.4 Å². The van der Waals surface area contributed by atoms with Crippen LogP contribution in [0, 0.1) is 5.92 Å². The molecule has 0 fully saturated rings. The molecule has 0 aliphatic carbocycles. The summed E-state index contributed by atoms with van der Waals surface area (Å²) >= 11 is 0. The van der Waals surface area contributed by atoms with E-state index < -0.39 is 0 Å². The lowest BCUT2D eigenvalue weighted by Crippen LogP contribution is -2.36. The van der Waals surface area contributed by atoms with Gasteiger partial charge < -0.3 is 0 Å². The highest BCUT2D eigenvalue weighted by molar-refractivity contribution is 5.78. The van der Waals surface area contributed by atoms with Crippen LogP contribution >= 0.6 is 0 Å². The van der Waals surface area contributed by atoms with E-state index in [9.17, 15) is 4.79 Å². The van der Waals surface area contributed by atoms with Crippen molar-refractivity contribution in [3.05, 3.63) is 48.6 Å². The van der Waals surface area contributed by atoms with Crippen molar-refractivity contribution in [3.63, 3.8) is 0 Å². The summed E-state index contributed by atoms with van der Waals surface area (Å²) in [6.07, 6.45) is 3.07. The molecular formula is C12H16N2O. The average molecular weight is 204 g/mol. The minimum atomic E-state index is -0.140. The predicted molar refractivity (Wildman–Crippen MR) is 60.8 cm³/mol. The van der Waals surface area contributed by atoms with Gasteiger partial charge in [0.2, 0.25) is 5.91 Å². The second-order valence-corrected chi connectivity index (χ2v) is 3.42. The van der Waals surface area contributed by atoms with E-state index >= 15 is 0 Å². The van der Waals surface area contributed by atoms with Gasteiger partial charge in [0, 0.05) is 5.92 Å². The second kappa shape index (κ2) is 5.98. The molecule has 0 radical (unpaired) electrons. The summed E-state index contributed by atoms with van der Waals surface area (Å²) in [4.78, 5) is 11.4. The van der Waals surface area contributed by atoms with E-state index in [0.717, 1.165) is 5.56 Å². The summed E-state index contributed by atoms with van der Waals surface area (Å²) in [5.41, 5.74) is 3.32. The molecule has 3 nitrogen and oxygen atoms in total. The molecule has 15 heavy (non-hydrogen) atoms. The number of benzene rings is 1. The first-order valence-electron chi connectivity index (χ1n) is 4.93. The van der Waals surface area contributed by atoms with Crippen LogP contribution in [-0.2, 0) is 11.2 Å². The summed E-state index contributed by atoms with van der Waals surface area (Å²) in [5.74, 6) is 4.85. The Kier molecular flexibility index (Phi) is 4.57. The van der Waals surface area contributed by atoms with Gasteiger partial charge in [0.25, 0.3) is 0 Å². The lowest BCUT2D eigenvalue weighted by atomic mass is 9.95. The van der Waals surface area contributed by atoms with E-state index in [-0.39, 0.29) is 11.8 Å². The number of hydrogen-bond donors (Lipinski definition) is 2. The third-order valence-electron chi connectivity index (χ3n) is 2.29. The van der Waals surface area contributed by atoms with E-state index in [0.29, 0.717) is 12.8 Å². The maximum Gasteiger partial charge on any atom is 0.237 e. The number of hydrogen-bond acceptors (Lipinski definition) is 2. The SMILES string of the molecule is C=CCC(Cc1ccccc1)C(=O)NN. The van der Waals surface area contributed by atoms with Crippen LogP contribution in [0.3, 0.4) is 0 Å². The number of carbonyl (C=O) groups excluding carboxylic acids is 1. The standard InChI is InChI=1S/C12H16N2O/c1-2-6-11(12(15)14-13)9-10-7-4-3-5-8-10/h2-5,7-8,11H,1,6,9,13H2,(H,14,15). The van der Waals surface area contributed by atoms with Gasteiger partial charge in [0.05, 0.1) is 0 Å². The molecule has 1 amide bonds. The Balaban J connectivity index is 2.66. The third-order valence-corrected chi connectivity index (χ3v) is 2.29. The van der Waals surface area contributed by atoms with Gasteiger partial charge in [-0.05, 0) is 18.4 Å².